The van der Waals surface area contributed by atoms with Crippen LogP contribution in [-0.4, -0.2) is 41.4 Å². The van der Waals surface area contributed by atoms with Crippen LogP contribution in [0.5, 0.6) is 0 Å². The summed E-state index contributed by atoms with van der Waals surface area (Å²) in [6.07, 6.45) is 8.82. The number of aryl methyl sites for hydroxylation is 1. The SMILES string of the molecule is CN1CCCC(n2cc(CCCN)cn2)C1. The van der Waals surface area contributed by atoms with Crippen molar-refractivity contribution in [3.8, 4) is 0 Å². The summed E-state index contributed by atoms with van der Waals surface area (Å²) < 4.78 is 2.14. The second-order valence-electron chi connectivity index (χ2n) is 4.78. The van der Waals surface area contributed by atoms with E-state index in [0.717, 1.165) is 25.9 Å². The molecule has 1 saturated heterocycles. The van der Waals surface area contributed by atoms with Gasteiger partial charge < -0.3 is 10.6 Å². The third-order valence-corrected chi connectivity index (χ3v) is 3.30. The van der Waals surface area contributed by atoms with E-state index in [1.165, 1.54) is 24.9 Å². The number of nitrogens with two attached hydrogens (primary N) is 1. The lowest BCUT2D eigenvalue weighted by atomic mass is 10.1. The zero-order valence-corrected chi connectivity index (χ0v) is 10.1. The number of hydrogen-bond donors (Lipinski definition) is 1. The molecule has 4 nitrogen and oxygen atoms in total. The predicted molar refractivity (Wildman–Crippen MR) is 65.4 cm³/mol. The van der Waals surface area contributed by atoms with E-state index >= 15 is 0 Å². The van der Waals surface area contributed by atoms with Crippen molar-refractivity contribution in [1.29, 1.82) is 0 Å². The van der Waals surface area contributed by atoms with Gasteiger partial charge in [-0.25, -0.2) is 0 Å². The predicted octanol–water partition coefficient (Wildman–Crippen LogP) is 1.04. The third kappa shape index (κ3) is 2.83. The minimum absolute atomic E-state index is 0.561. The Morgan fingerprint density at radius 2 is 2.44 bits per heavy atom. The Morgan fingerprint density at radius 3 is 3.19 bits per heavy atom. The fraction of sp³-hybridized carbons (Fsp3) is 0.750. The standard InChI is InChI=1S/C12H22N4/c1-15-7-3-5-12(10-15)16-9-11(8-14-16)4-2-6-13/h8-9,12H,2-7,10,13H2,1H3. The first kappa shape index (κ1) is 11.6. The van der Waals surface area contributed by atoms with E-state index in [-0.39, 0.29) is 0 Å². The van der Waals surface area contributed by atoms with Crippen LogP contribution in [0.15, 0.2) is 12.4 Å². The van der Waals surface area contributed by atoms with Crippen LogP contribution in [-0.2, 0) is 6.42 Å². The van der Waals surface area contributed by atoms with Gasteiger partial charge in [0, 0.05) is 12.7 Å². The summed E-state index contributed by atoms with van der Waals surface area (Å²) in [6, 6.07) is 0.561. The zero-order valence-electron chi connectivity index (χ0n) is 10.1. The highest BCUT2D eigenvalue weighted by Gasteiger charge is 2.19. The molecule has 1 fully saturated rings. The maximum atomic E-state index is 5.51. The molecule has 4 heteroatoms. The Bertz CT molecular complexity index is 321. The molecule has 2 heterocycles. The topological polar surface area (TPSA) is 47.1 Å². The molecule has 1 aromatic rings. The van der Waals surface area contributed by atoms with Gasteiger partial charge in [0.1, 0.15) is 0 Å². The van der Waals surface area contributed by atoms with Crippen LogP contribution in [0.1, 0.15) is 30.9 Å². The van der Waals surface area contributed by atoms with Gasteiger partial charge in [-0.1, -0.05) is 0 Å². The van der Waals surface area contributed by atoms with Crippen LogP contribution < -0.4 is 5.73 Å². The Kier molecular flexibility index (Phi) is 3.96. The normalized spacial score (nSPS) is 22.5. The minimum Gasteiger partial charge on any atom is -0.330 e. The molecule has 0 radical (unpaired) electrons. The molecule has 90 valence electrons. The van der Waals surface area contributed by atoms with Crippen LogP contribution in [0.25, 0.3) is 0 Å². The number of aromatic nitrogens is 2. The highest BCUT2D eigenvalue weighted by Crippen LogP contribution is 2.20. The lowest BCUT2D eigenvalue weighted by molar-refractivity contribution is 0.202. The van der Waals surface area contributed by atoms with Crippen molar-refractivity contribution in [2.75, 3.05) is 26.7 Å². The summed E-state index contributed by atoms with van der Waals surface area (Å²) in [4.78, 5) is 2.38. The molecule has 1 aromatic heterocycles. The van der Waals surface area contributed by atoms with E-state index in [4.69, 9.17) is 5.73 Å². The maximum absolute atomic E-state index is 5.51. The Balaban J connectivity index is 1.95. The van der Waals surface area contributed by atoms with Crippen LogP contribution in [0, 0.1) is 0 Å². The molecule has 1 aliphatic rings. The zero-order chi connectivity index (χ0) is 11.4. The number of likely N-dealkylation sites (N-methyl/N-ethyl adjacent to an activating group) is 1. The maximum Gasteiger partial charge on any atom is 0.0646 e. The first-order valence-electron chi connectivity index (χ1n) is 6.21. The molecule has 0 spiro atoms. The molecule has 0 bridgehead atoms. The second kappa shape index (κ2) is 5.46. The van der Waals surface area contributed by atoms with Crippen molar-refractivity contribution in [3.05, 3.63) is 18.0 Å². The van der Waals surface area contributed by atoms with Gasteiger partial charge in [-0.15, -0.1) is 0 Å². The molecule has 1 unspecified atom stereocenters. The van der Waals surface area contributed by atoms with E-state index in [0.29, 0.717) is 6.04 Å². The molecule has 0 aromatic carbocycles. The van der Waals surface area contributed by atoms with Gasteiger partial charge >= 0.3 is 0 Å². The van der Waals surface area contributed by atoms with Crippen LogP contribution in [0.2, 0.25) is 0 Å². The number of nitrogens with zero attached hydrogens (tertiary/aromatic N) is 3. The van der Waals surface area contributed by atoms with E-state index in [1.54, 1.807) is 0 Å². The van der Waals surface area contributed by atoms with Crippen LogP contribution in [0.3, 0.4) is 0 Å². The van der Waals surface area contributed by atoms with E-state index < -0.39 is 0 Å². The molecule has 0 aliphatic carbocycles. The molecule has 1 atom stereocenters. The first-order chi connectivity index (χ1) is 7.79. The third-order valence-electron chi connectivity index (χ3n) is 3.30. The van der Waals surface area contributed by atoms with Crippen molar-refractivity contribution in [2.45, 2.75) is 31.7 Å². The van der Waals surface area contributed by atoms with Crippen molar-refractivity contribution in [1.82, 2.24) is 14.7 Å². The van der Waals surface area contributed by atoms with Crippen LogP contribution >= 0.6 is 0 Å². The number of likely N-dealkylation sites (tertiary alicyclic amines) is 1. The Hall–Kier alpha value is -0.870. The van der Waals surface area contributed by atoms with Gasteiger partial charge in [0.05, 0.1) is 12.2 Å². The largest absolute Gasteiger partial charge is 0.330 e. The van der Waals surface area contributed by atoms with Gasteiger partial charge in [-0.05, 0) is 51.4 Å². The van der Waals surface area contributed by atoms with Crippen LogP contribution in [0.4, 0.5) is 0 Å². The van der Waals surface area contributed by atoms with E-state index in [9.17, 15) is 0 Å². The minimum atomic E-state index is 0.561. The van der Waals surface area contributed by atoms with Crippen molar-refractivity contribution in [3.63, 3.8) is 0 Å². The lowest BCUT2D eigenvalue weighted by Gasteiger charge is -2.29. The average molecular weight is 222 g/mol. The van der Waals surface area contributed by atoms with Crippen molar-refractivity contribution >= 4 is 0 Å². The molecule has 0 saturated carbocycles. The average Bonchev–Trinajstić information content (AvgIpc) is 2.75. The number of rotatable bonds is 4. The van der Waals surface area contributed by atoms with E-state index in [1.807, 2.05) is 6.20 Å². The Labute approximate surface area is 97.4 Å². The van der Waals surface area contributed by atoms with Gasteiger partial charge in [0.15, 0.2) is 0 Å². The lowest BCUT2D eigenvalue weighted by Crippen LogP contribution is -2.33. The summed E-state index contributed by atoms with van der Waals surface area (Å²) in [5.74, 6) is 0. The van der Waals surface area contributed by atoms with Gasteiger partial charge in [0.2, 0.25) is 0 Å². The fourth-order valence-corrected chi connectivity index (χ4v) is 2.37. The molecule has 2 rings (SSSR count). The molecular weight excluding hydrogens is 200 g/mol. The second-order valence-corrected chi connectivity index (χ2v) is 4.78. The highest BCUT2D eigenvalue weighted by molar-refractivity contribution is 5.05. The van der Waals surface area contributed by atoms with Gasteiger partial charge in [-0.3, -0.25) is 4.68 Å². The monoisotopic (exact) mass is 222 g/mol. The molecule has 16 heavy (non-hydrogen) atoms. The van der Waals surface area contributed by atoms with Crippen molar-refractivity contribution < 1.29 is 0 Å². The summed E-state index contributed by atoms with van der Waals surface area (Å²) >= 11 is 0. The first-order valence-corrected chi connectivity index (χ1v) is 6.21. The quantitative estimate of drug-likeness (QED) is 0.828. The summed E-state index contributed by atoms with van der Waals surface area (Å²) in [7, 11) is 2.19. The van der Waals surface area contributed by atoms with E-state index in [2.05, 4.69) is 27.9 Å². The highest BCUT2D eigenvalue weighted by atomic mass is 15.3. The molecule has 2 N–H and O–H groups in total. The van der Waals surface area contributed by atoms with Gasteiger partial charge in [-0.2, -0.15) is 5.10 Å². The summed E-state index contributed by atoms with van der Waals surface area (Å²) in [5.41, 5.74) is 6.83. The van der Waals surface area contributed by atoms with Gasteiger partial charge in [0.25, 0.3) is 0 Å². The van der Waals surface area contributed by atoms with Crippen molar-refractivity contribution in [2.24, 2.45) is 5.73 Å². The summed E-state index contributed by atoms with van der Waals surface area (Å²) in [5, 5.41) is 4.48. The molecule has 0 amide bonds. The Morgan fingerprint density at radius 1 is 1.56 bits per heavy atom. The smallest absolute Gasteiger partial charge is 0.0646 e. The fourth-order valence-electron chi connectivity index (χ4n) is 2.37. The summed E-state index contributed by atoms with van der Waals surface area (Å²) in [6.45, 7) is 3.10. The molecular formula is C12H22N4. The number of piperidine rings is 1. The molecule has 1 aliphatic heterocycles. The number of hydrogen-bond acceptors (Lipinski definition) is 3.